The van der Waals surface area contributed by atoms with E-state index < -0.39 is 0 Å². The third-order valence-corrected chi connectivity index (χ3v) is 9.56. The number of phenols is 3. The number of aromatic hydroxyl groups is 3. The minimum atomic E-state index is 0.359. The first-order valence-electron chi connectivity index (χ1n) is 13.7. The van der Waals surface area contributed by atoms with Crippen LogP contribution in [0.2, 0.25) is 0 Å². The molecule has 0 atom stereocenters. The number of hydrogen-bond acceptors (Lipinski definition) is 3. The van der Waals surface area contributed by atoms with Gasteiger partial charge in [-0.05, 0) is 201 Å². The van der Waals surface area contributed by atoms with Gasteiger partial charge in [0.2, 0.25) is 0 Å². The highest BCUT2D eigenvalue weighted by Crippen LogP contribution is 2.45. The van der Waals surface area contributed by atoms with Crippen molar-refractivity contribution in [3.05, 3.63) is 85.0 Å². The van der Waals surface area contributed by atoms with Crippen LogP contribution in [0, 0.1) is 83.1 Å². The summed E-state index contributed by atoms with van der Waals surface area (Å²) in [6.07, 6.45) is 0. The molecule has 0 bridgehead atoms. The Hall–Kier alpha value is -3.72. The van der Waals surface area contributed by atoms with Crippen LogP contribution in [0.5, 0.6) is 17.2 Å². The molecule has 0 unspecified atom stereocenters. The van der Waals surface area contributed by atoms with E-state index in [0.717, 1.165) is 100 Å². The van der Waals surface area contributed by atoms with E-state index in [1.165, 1.54) is 0 Å². The first-order chi connectivity index (χ1) is 18.1. The molecule has 0 amide bonds. The smallest absolute Gasteiger partial charge is 0.121 e. The third kappa shape index (κ3) is 4.19. The minimum Gasteiger partial charge on any atom is -0.507 e. The fourth-order valence-electron chi connectivity index (χ4n) is 6.24. The predicted molar refractivity (Wildman–Crippen MR) is 165 cm³/mol. The van der Waals surface area contributed by atoms with Crippen molar-refractivity contribution in [3.8, 4) is 50.6 Å². The van der Waals surface area contributed by atoms with E-state index in [2.05, 4.69) is 59.7 Å². The van der Waals surface area contributed by atoms with Crippen LogP contribution in [-0.2, 0) is 0 Å². The lowest BCUT2D eigenvalue weighted by molar-refractivity contribution is 0.465. The summed E-state index contributed by atoms with van der Waals surface area (Å²) in [5.74, 6) is 1.08. The molecule has 4 aromatic carbocycles. The molecular weight excluding hydrogens is 480 g/mol. The summed E-state index contributed by atoms with van der Waals surface area (Å²) in [4.78, 5) is 0. The number of benzene rings is 4. The second kappa shape index (κ2) is 9.79. The van der Waals surface area contributed by atoms with E-state index in [1.807, 2.05) is 41.5 Å². The molecule has 0 saturated carbocycles. The molecule has 0 aliphatic rings. The Morgan fingerprint density at radius 3 is 0.590 bits per heavy atom. The first kappa shape index (κ1) is 28.3. The SMILES string of the molecule is Cc1c(C)c(-c2cc(-c3c(C)c(C)c(O)c(C)c3C)cc(-c3c(C)c(C)c(O)c(C)c3C)c2)c(C)c(C)c1O. The van der Waals surface area contributed by atoms with Gasteiger partial charge in [-0.25, -0.2) is 0 Å². The predicted octanol–water partition coefficient (Wildman–Crippen LogP) is 9.51. The van der Waals surface area contributed by atoms with Crippen LogP contribution in [0.4, 0.5) is 0 Å². The van der Waals surface area contributed by atoms with Crippen molar-refractivity contribution in [2.24, 2.45) is 0 Å². The number of hydrogen-bond donors (Lipinski definition) is 3. The van der Waals surface area contributed by atoms with Gasteiger partial charge >= 0.3 is 0 Å². The van der Waals surface area contributed by atoms with Gasteiger partial charge < -0.3 is 15.3 Å². The Morgan fingerprint density at radius 2 is 0.436 bits per heavy atom. The summed E-state index contributed by atoms with van der Waals surface area (Å²) >= 11 is 0. The lowest BCUT2D eigenvalue weighted by atomic mass is 9.82. The zero-order valence-corrected chi connectivity index (χ0v) is 25.6. The average molecular weight is 523 g/mol. The molecule has 0 spiro atoms. The summed E-state index contributed by atoms with van der Waals surface area (Å²) < 4.78 is 0. The Kier molecular flexibility index (Phi) is 7.10. The van der Waals surface area contributed by atoms with Gasteiger partial charge in [-0.2, -0.15) is 0 Å². The van der Waals surface area contributed by atoms with E-state index in [9.17, 15) is 15.3 Å². The molecule has 0 aliphatic carbocycles. The van der Waals surface area contributed by atoms with Crippen molar-refractivity contribution in [2.75, 3.05) is 0 Å². The Labute approximate surface area is 233 Å². The number of phenolic OH excluding ortho intramolecular Hbond substituents is 3. The molecule has 0 aliphatic heterocycles. The van der Waals surface area contributed by atoms with E-state index in [0.29, 0.717) is 17.2 Å². The molecule has 39 heavy (non-hydrogen) atoms. The van der Waals surface area contributed by atoms with Gasteiger partial charge in [0.1, 0.15) is 17.2 Å². The molecule has 4 rings (SSSR count). The molecule has 0 saturated heterocycles. The van der Waals surface area contributed by atoms with E-state index in [-0.39, 0.29) is 0 Å². The average Bonchev–Trinajstić information content (AvgIpc) is 2.91. The van der Waals surface area contributed by atoms with Crippen LogP contribution < -0.4 is 0 Å². The highest BCUT2D eigenvalue weighted by atomic mass is 16.3. The van der Waals surface area contributed by atoms with Gasteiger partial charge in [-0.15, -0.1) is 0 Å². The zero-order valence-electron chi connectivity index (χ0n) is 25.6. The van der Waals surface area contributed by atoms with Crippen molar-refractivity contribution in [1.82, 2.24) is 0 Å². The van der Waals surface area contributed by atoms with Crippen molar-refractivity contribution < 1.29 is 15.3 Å². The summed E-state index contributed by atoms with van der Waals surface area (Å²) in [6.45, 7) is 24.4. The van der Waals surface area contributed by atoms with Crippen molar-refractivity contribution in [3.63, 3.8) is 0 Å². The second-order valence-electron chi connectivity index (χ2n) is 11.5. The summed E-state index contributed by atoms with van der Waals surface area (Å²) in [5.41, 5.74) is 18.5. The van der Waals surface area contributed by atoms with Crippen molar-refractivity contribution in [1.29, 1.82) is 0 Å². The molecule has 204 valence electrons. The van der Waals surface area contributed by atoms with Crippen LogP contribution in [0.25, 0.3) is 33.4 Å². The Balaban J connectivity index is 2.22. The summed E-state index contributed by atoms with van der Waals surface area (Å²) in [5, 5.41) is 32.3. The molecule has 3 N–H and O–H groups in total. The lowest BCUT2D eigenvalue weighted by Gasteiger charge is -2.23. The monoisotopic (exact) mass is 522 g/mol. The number of rotatable bonds is 3. The van der Waals surface area contributed by atoms with Gasteiger partial charge in [-0.1, -0.05) is 0 Å². The largest absolute Gasteiger partial charge is 0.507 e. The fraction of sp³-hybridized carbons (Fsp3) is 0.333. The molecule has 0 fully saturated rings. The standard InChI is InChI=1S/C36H42O3/c1-16-22(7)34(37)23(8)17(2)31(16)28-13-29(32-18(3)24(9)35(38)25(10)19(32)4)15-30(14-28)33-20(5)26(11)36(39)27(12)21(33)6/h13-15,37-39H,1-12H3. The van der Waals surface area contributed by atoms with Gasteiger partial charge in [0.05, 0.1) is 0 Å². The highest BCUT2D eigenvalue weighted by Gasteiger charge is 2.22. The maximum atomic E-state index is 10.8. The molecule has 3 nitrogen and oxygen atoms in total. The third-order valence-electron chi connectivity index (χ3n) is 9.56. The van der Waals surface area contributed by atoms with Crippen molar-refractivity contribution in [2.45, 2.75) is 83.1 Å². The lowest BCUT2D eigenvalue weighted by Crippen LogP contribution is -2.01. The van der Waals surface area contributed by atoms with Crippen LogP contribution in [0.15, 0.2) is 18.2 Å². The quantitative estimate of drug-likeness (QED) is 0.251. The Morgan fingerprint density at radius 1 is 0.282 bits per heavy atom. The summed E-state index contributed by atoms with van der Waals surface area (Å²) in [7, 11) is 0. The van der Waals surface area contributed by atoms with Crippen LogP contribution in [0.1, 0.15) is 66.8 Å². The van der Waals surface area contributed by atoms with Gasteiger partial charge in [0.15, 0.2) is 0 Å². The van der Waals surface area contributed by atoms with Crippen molar-refractivity contribution >= 4 is 0 Å². The molecule has 0 radical (unpaired) electrons. The van der Waals surface area contributed by atoms with Gasteiger partial charge in [-0.3, -0.25) is 0 Å². The van der Waals surface area contributed by atoms with Crippen LogP contribution in [0.3, 0.4) is 0 Å². The topological polar surface area (TPSA) is 60.7 Å². The van der Waals surface area contributed by atoms with E-state index in [1.54, 1.807) is 0 Å². The normalized spacial score (nSPS) is 11.4. The zero-order chi connectivity index (χ0) is 29.2. The summed E-state index contributed by atoms with van der Waals surface area (Å²) in [6, 6.07) is 6.76. The highest BCUT2D eigenvalue weighted by molar-refractivity contribution is 5.89. The molecular formula is C36H42O3. The van der Waals surface area contributed by atoms with Crippen LogP contribution in [-0.4, -0.2) is 15.3 Å². The fourth-order valence-corrected chi connectivity index (χ4v) is 6.24. The maximum Gasteiger partial charge on any atom is 0.121 e. The first-order valence-corrected chi connectivity index (χ1v) is 13.7. The molecule has 0 heterocycles. The Bertz CT molecular complexity index is 1390. The minimum absolute atomic E-state index is 0.359. The molecule has 4 aromatic rings. The van der Waals surface area contributed by atoms with E-state index in [4.69, 9.17) is 0 Å². The maximum absolute atomic E-state index is 10.8. The van der Waals surface area contributed by atoms with Gasteiger partial charge in [0.25, 0.3) is 0 Å². The molecule has 0 aromatic heterocycles. The second-order valence-corrected chi connectivity index (χ2v) is 11.5. The van der Waals surface area contributed by atoms with Gasteiger partial charge in [0, 0.05) is 0 Å². The van der Waals surface area contributed by atoms with Crippen LogP contribution >= 0.6 is 0 Å². The van der Waals surface area contributed by atoms with E-state index >= 15 is 0 Å². The molecule has 3 heteroatoms.